The van der Waals surface area contributed by atoms with Gasteiger partial charge in [-0.1, -0.05) is 281 Å². The van der Waals surface area contributed by atoms with Crippen molar-refractivity contribution in [1.82, 2.24) is 0 Å². The van der Waals surface area contributed by atoms with Crippen LogP contribution in [0.4, 0.5) is 0 Å². The van der Waals surface area contributed by atoms with Crippen LogP contribution in [0.15, 0.2) is 60.8 Å². The Morgan fingerprint density at radius 2 is 0.500 bits per heavy atom. The predicted molar refractivity (Wildman–Crippen MR) is 400 cm³/mol. The van der Waals surface area contributed by atoms with Crippen LogP contribution in [-0.2, 0) is 65.4 Å². The number of hydrogen-bond acceptors (Lipinski definition) is 15. The van der Waals surface area contributed by atoms with E-state index in [2.05, 4.69) is 88.5 Å². The molecular weight excluding hydrogens is 1280 g/mol. The van der Waals surface area contributed by atoms with Crippen LogP contribution < -0.4 is 0 Å². The number of allylic oxidation sites excluding steroid dienone is 10. The Balaban J connectivity index is 5.34. The molecule has 0 aliphatic carbocycles. The Morgan fingerprint density at radius 3 is 0.796 bits per heavy atom. The first kappa shape index (κ1) is 94.8. The number of hydrogen-bond donors (Lipinski definition) is 3. The van der Waals surface area contributed by atoms with Crippen LogP contribution in [0.5, 0.6) is 0 Å². The van der Waals surface area contributed by atoms with Crippen molar-refractivity contribution < 1.29 is 80.2 Å². The Bertz CT molecular complexity index is 2100. The van der Waals surface area contributed by atoms with Gasteiger partial charge in [0.15, 0.2) is 12.2 Å². The lowest BCUT2D eigenvalue weighted by Crippen LogP contribution is -2.30. The zero-order valence-electron chi connectivity index (χ0n) is 62.5. The van der Waals surface area contributed by atoms with Crippen molar-refractivity contribution in [2.24, 2.45) is 0 Å². The first-order valence-electron chi connectivity index (χ1n) is 39.5. The molecular formula is C79H144O17P2. The lowest BCUT2D eigenvalue weighted by Gasteiger charge is -2.21. The monoisotopic (exact) mass is 1430 g/mol. The summed E-state index contributed by atoms with van der Waals surface area (Å²) in [6, 6.07) is 0. The number of ether oxygens (including phenoxy) is 4. The number of aliphatic hydroxyl groups is 1. The fourth-order valence-corrected chi connectivity index (χ4v) is 12.4. The van der Waals surface area contributed by atoms with E-state index in [4.69, 9.17) is 37.0 Å². The molecule has 5 atom stereocenters. The van der Waals surface area contributed by atoms with Crippen LogP contribution in [-0.4, -0.2) is 96.7 Å². The molecule has 0 heterocycles. The second kappa shape index (κ2) is 72.1. The number of unbranched alkanes of at least 4 members (excludes halogenated alkanes) is 39. The molecule has 0 bridgehead atoms. The Labute approximate surface area is 597 Å². The molecule has 17 nitrogen and oxygen atoms in total. The lowest BCUT2D eigenvalue weighted by molar-refractivity contribution is -0.161. The summed E-state index contributed by atoms with van der Waals surface area (Å²) in [5.41, 5.74) is 0. The summed E-state index contributed by atoms with van der Waals surface area (Å²) in [5, 5.41) is 10.6. The molecule has 19 heteroatoms. The fraction of sp³-hybridized carbons (Fsp3) is 0.823. The third kappa shape index (κ3) is 71.2. The number of aliphatic hydroxyl groups excluding tert-OH is 1. The van der Waals surface area contributed by atoms with E-state index in [0.717, 1.165) is 154 Å². The van der Waals surface area contributed by atoms with Crippen molar-refractivity contribution in [2.75, 3.05) is 39.6 Å². The molecule has 0 saturated carbocycles. The van der Waals surface area contributed by atoms with Gasteiger partial charge in [-0.2, -0.15) is 0 Å². The second-order valence-electron chi connectivity index (χ2n) is 26.7. The predicted octanol–water partition coefficient (Wildman–Crippen LogP) is 22.7. The number of rotatable bonds is 75. The van der Waals surface area contributed by atoms with Gasteiger partial charge in [-0.05, 0) is 116 Å². The highest BCUT2D eigenvalue weighted by molar-refractivity contribution is 7.47. The smallest absolute Gasteiger partial charge is 0.462 e. The minimum Gasteiger partial charge on any atom is -0.462 e. The van der Waals surface area contributed by atoms with Crippen molar-refractivity contribution in [2.45, 2.75) is 380 Å². The van der Waals surface area contributed by atoms with E-state index < -0.39 is 97.5 Å². The molecule has 0 aliphatic heterocycles. The summed E-state index contributed by atoms with van der Waals surface area (Å²) in [4.78, 5) is 72.9. The molecule has 0 aliphatic rings. The number of phosphoric ester groups is 2. The molecule has 0 fully saturated rings. The Morgan fingerprint density at radius 1 is 0.286 bits per heavy atom. The van der Waals surface area contributed by atoms with Crippen molar-refractivity contribution in [3.63, 3.8) is 0 Å². The van der Waals surface area contributed by atoms with E-state index in [0.29, 0.717) is 25.7 Å². The van der Waals surface area contributed by atoms with Crippen LogP contribution >= 0.6 is 15.6 Å². The number of carbonyl (C=O) groups is 4. The Kier molecular flexibility index (Phi) is 69.7. The van der Waals surface area contributed by atoms with Gasteiger partial charge in [0.05, 0.1) is 26.4 Å². The fourth-order valence-electron chi connectivity index (χ4n) is 10.9. The largest absolute Gasteiger partial charge is 0.472 e. The zero-order chi connectivity index (χ0) is 71.8. The van der Waals surface area contributed by atoms with Gasteiger partial charge in [0.1, 0.15) is 19.3 Å². The minimum atomic E-state index is -4.97. The first-order valence-corrected chi connectivity index (χ1v) is 42.5. The van der Waals surface area contributed by atoms with Crippen molar-refractivity contribution in [1.29, 1.82) is 0 Å². The molecule has 0 spiro atoms. The van der Waals surface area contributed by atoms with Crippen LogP contribution in [0, 0.1) is 0 Å². The molecule has 0 aromatic carbocycles. The van der Waals surface area contributed by atoms with E-state index in [1.54, 1.807) is 0 Å². The van der Waals surface area contributed by atoms with Crippen molar-refractivity contribution in [3.05, 3.63) is 60.8 Å². The van der Waals surface area contributed by atoms with Gasteiger partial charge in [-0.3, -0.25) is 37.3 Å². The average molecular weight is 1430 g/mol. The van der Waals surface area contributed by atoms with Gasteiger partial charge in [-0.15, -0.1) is 0 Å². The van der Waals surface area contributed by atoms with Crippen LogP contribution in [0.2, 0.25) is 0 Å². The maximum absolute atomic E-state index is 13.1. The molecule has 0 rings (SSSR count). The highest BCUT2D eigenvalue weighted by Crippen LogP contribution is 2.45. The summed E-state index contributed by atoms with van der Waals surface area (Å²) in [6.07, 6.45) is 70.5. The molecule has 3 N–H and O–H groups in total. The lowest BCUT2D eigenvalue weighted by atomic mass is 10.0. The minimum absolute atomic E-state index is 0.0794. The molecule has 5 unspecified atom stereocenters. The van der Waals surface area contributed by atoms with Gasteiger partial charge in [0.2, 0.25) is 0 Å². The highest BCUT2D eigenvalue weighted by atomic mass is 31.2. The highest BCUT2D eigenvalue weighted by Gasteiger charge is 2.30. The first-order chi connectivity index (χ1) is 47.7. The molecule has 0 saturated heterocycles. The third-order valence-electron chi connectivity index (χ3n) is 17.0. The molecule has 0 amide bonds. The average Bonchev–Trinajstić information content (AvgIpc) is 1.04. The number of esters is 4. The van der Waals surface area contributed by atoms with E-state index in [9.17, 15) is 43.2 Å². The van der Waals surface area contributed by atoms with E-state index in [1.165, 1.54) is 128 Å². The number of carbonyl (C=O) groups excluding carboxylic acids is 4. The molecule has 572 valence electrons. The van der Waals surface area contributed by atoms with E-state index in [1.807, 2.05) is 0 Å². The van der Waals surface area contributed by atoms with Gasteiger partial charge in [-0.25, -0.2) is 9.13 Å². The standard InChI is InChI=1S/C79H144O17P2/c1-5-9-13-17-21-25-29-33-36-40-43-47-51-55-59-63-76(81)89-69-74(95-78(83)65-61-57-53-49-45-39-32-28-24-20-16-12-8-4)71-93-97(85,86)91-67-73(80)68-92-98(87,88)94-72-75(96-79(84)66-62-58-54-50-46-42-38-35-31-27-23-19-15-11-7-3)70-90-77(82)64-60-56-52-48-44-41-37-34-30-26-22-18-14-10-6-2/h22-23,25-27,29,34-35,37-38,73-75,80H,5-21,24,28,30-33,36,39-72H2,1-4H3,(H,85,86)(H,87,88). The quantitative estimate of drug-likeness (QED) is 0.0169. The number of phosphoric acid groups is 2. The SMILES string of the molecule is CCCCCC=CCC=CCCCCCCCC(=O)OCC(COP(=O)(O)OCC(O)COP(=O)(O)OCC(COC(=O)CCCCCCCCCC=CCCCCCC)OC(=O)CCCCCCCCCCCCCCC)OC(=O)CCCCCCCC=CCC=CCCCCC. The molecule has 0 radical (unpaired) electrons. The van der Waals surface area contributed by atoms with Crippen LogP contribution in [0.3, 0.4) is 0 Å². The summed E-state index contributed by atoms with van der Waals surface area (Å²) in [6.45, 7) is 4.84. The normalized spacial score (nSPS) is 14.2. The van der Waals surface area contributed by atoms with Gasteiger partial charge >= 0.3 is 39.5 Å². The third-order valence-corrected chi connectivity index (χ3v) is 18.9. The van der Waals surface area contributed by atoms with Crippen LogP contribution in [0.1, 0.15) is 362 Å². The van der Waals surface area contributed by atoms with Crippen molar-refractivity contribution >= 4 is 39.5 Å². The van der Waals surface area contributed by atoms with Crippen molar-refractivity contribution in [3.8, 4) is 0 Å². The van der Waals surface area contributed by atoms with Gasteiger partial charge in [0, 0.05) is 25.7 Å². The maximum Gasteiger partial charge on any atom is 0.472 e. The molecule has 0 aromatic heterocycles. The summed E-state index contributed by atoms with van der Waals surface area (Å²) in [5.74, 6) is -2.18. The van der Waals surface area contributed by atoms with Gasteiger partial charge < -0.3 is 33.8 Å². The van der Waals surface area contributed by atoms with E-state index >= 15 is 0 Å². The Hall–Kier alpha value is -3.24. The summed E-state index contributed by atoms with van der Waals surface area (Å²) >= 11 is 0. The summed E-state index contributed by atoms with van der Waals surface area (Å²) < 4.78 is 68.5. The van der Waals surface area contributed by atoms with Crippen LogP contribution in [0.25, 0.3) is 0 Å². The molecule has 98 heavy (non-hydrogen) atoms. The summed E-state index contributed by atoms with van der Waals surface area (Å²) in [7, 11) is -9.94. The van der Waals surface area contributed by atoms with E-state index in [-0.39, 0.29) is 25.7 Å². The topological polar surface area (TPSA) is 237 Å². The molecule has 0 aromatic rings. The maximum atomic E-state index is 13.1. The second-order valence-corrected chi connectivity index (χ2v) is 29.6. The van der Waals surface area contributed by atoms with Gasteiger partial charge in [0.25, 0.3) is 0 Å². The zero-order valence-corrected chi connectivity index (χ0v) is 64.3.